The summed E-state index contributed by atoms with van der Waals surface area (Å²) in [6.45, 7) is 5.68. The van der Waals surface area contributed by atoms with Crippen molar-refractivity contribution in [2.24, 2.45) is 5.41 Å². The normalized spacial score (nSPS) is 20.6. The molecule has 23 heavy (non-hydrogen) atoms. The molecule has 0 saturated carbocycles. The van der Waals surface area contributed by atoms with E-state index in [9.17, 15) is 4.79 Å². The maximum atomic E-state index is 12.6. The summed E-state index contributed by atoms with van der Waals surface area (Å²) in [5.74, 6) is 0.0474. The number of piperidine rings is 1. The minimum atomic E-state index is -0.363. The standard InChI is InChI=1S/C15H20N6O.ClH/c1-11-4-5-12(8-13(11)21-10-17-19-20-21)18-14(22)15(2)6-3-7-16-9-15;/h4-5,8,10,16H,3,6-7,9H2,1-2H3,(H,18,22);1H. The monoisotopic (exact) mass is 336 g/mol. The molecule has 0 radical (unpaired) electrons. The molecule has 2 N–H and O–H groups in total. The first-order valence-corrected chi connectivity index (χ1v) is 7.45. The van der Waals surface area contributed by atoms with Gasteiger partial charge >= 0.3 is 0 Å². The average molecular weight is 337 g/mol. The molecule has 0 spiro atoms. The van der Waals surface area contributed by atoms with Crippen molar-refractivity contribution in [3.63, 3.8) is 0 Å². The maximum absolute atomic E-state index is 12.6. The largest absolute Gasteiger partial charge is 0.326 e. The zero-order valence-corrected chi connectivity index (χ0v) is 14.1. The van der Waals surface area contributed by atoms with E-state index >= 15 is 0 Å². The van der Waals surface area contributed by atoms with E-state index in [-0.39, 0.29) is 23.7 Å². The van der Waals surface area contributed by atoms with Crippen LogP contribution in [0.15, 0.2) is 24.5 Å². The van der Waals surface area contributed by atoms with E-state index in [0.29, 0.717) is 6.54 Å². The van der Waals surface area contributed by atoms with E-state index in [1.165, 1.54) is 0 Å². The molecule has 1 aromatic carbocycles. The highest BCUT2D eigenvalue weighted by Crippen LogP contribution is 2.28. The number of carbonyl (C=O) groups is 1. The molecule has 8 heteroatoms. The van der Waals surface area contributed by atoms with Gasteiger partial charge in [0, 0.05) is 12.2 Å². The molecule has 2 aromatic rings. The Balaban J connectivity index is 0.00000192. The van der Waals surface area contributed by atoms with Gasteiger partial charge < -0.3 is 10.6 Å². The van der Waals surface area contributed by atoms with Crippen LogP contribution in [-0.4, -0.2) is 39.2 Å². The van der Waals surface area contributed by atoms with Crippen LogP contribution in [0.4, 0.5) is 5.69 Å². The van der Waals surface area contributed by atoms with Gasteiger partial charge in [-0.05, 0) is 61.4 Å². The first-order chi connectivity index (χ1) is 10.6. The molecule has 124 valence electrons. The smallest absolute Gasteiger partial charge is 0.231 e. The van der Waals surface area contributed by atoms with E-state index in [0.717, 1.165) is 36.3 Å². The summed E-state index contributed by atoms with van der Waals surface area (Å²) in [7, 11) is 0. The Bertz CT molecular complexity index is 667. The van der Waals surface area contributed by atoms with Gasteiger partial charge in [-0.1, -0.05) is 6.07 Å². The average Bonchev–Trinajstić information content (AvgIpc) is 3.04. The number of aromatic nitrogens is 4. The number of hydrogen-bond acceptors (Lipinski definition) is 5. The predicted molar refractivity (Wildman–Crippen MR) is 90.0 cm³/mol. The van der Waals surface area contributed by atoms with Crippen molar-refractivity contribution in [1.82, 2.24) is 25.5 Å². The number of hydrogen-bond donors (Lipinski definition) is 2. The fourth-order valence-electron chi connectivity index (χ4n) is 2.74. The summed E-state index contributed by atoms with van der Waals surface area (Å²) in [4.78, 5) is 12.6. The second-order valence-electron chi connectivity index (χ2n) is 6.05. The molecule has 1 aromatic heterocycles. The van der Waals surface area contributed by atoms with Gasteiger partial charge in [0.1, 0.15) is 6.33 Å². The number of anilines is 1. The molecule has 1 fully saturated rings. The van der Waals surface area contributed by atoms with Gasteiger partial charge in [0.2, 0.25) is 5.91 Å². The van der Waals surface area contributed by atoms with Gasteiger partial charge in [0.15, 0.2) is 0 Å². The van der Waals surface area contributed by atoms with Gasteiger partial charge in [-0.25, -0.2) is 4.68 Å². The Labute approximate surface area is 141 Å². The number of amides is 1. The lowest BCUT2D eigenvalue weighted by atomic mass is 9.82. The minimum absolute atomic E-state index is 0. The number of carbonyl (C=O) groups excluding carboxylic acids is 1. The van der Waals surface area contributed by atoms with Gasteiger partial charge in [-0.2, -0.15) is 0 Å². The maximum Gasteiger partial charge on any atom is 0.231 e. The minimum Gasteiger partial charge on any atom is -0.326 e. The van der Waals surface area contributed by atoms with Crippen LogP contribution < -0.4 is 10.6 Å². The highest BCUT2D eigenvalue weighted by atomic mass is 35.5. The van der Waals surface area contributed by atoms with Crippen LogP contribution in [0.1, 0.15) is 25.3 Å². The van der Waals surface area contributed by atoms with E-state index < -0.39 is 0 Å². The van der Waals surface area contributed by atoms with Crippen molar-refractivity contribution in [3.05, 3.63) is 30.1 Å². The lowest BCUT2D eigenvalue weighted by molar-refractivity contribution is -0.125. The molecule has 1 aliphatic heterocycles. The van der Waals surface area contributed by atoms with Crippen LogP contribution in [0.2, 0.25) is 0 Å². The van der Waals surface area contributed by atoms with Crippen LogP contribution in [-0.2, 0) is 4.79 Å². The molecule has 1 atom stereocenters. The lowest BCUT2D eigenvalue weighted by Gasteiger charge is -2.32. The zero-order chi connectivity index (χ0) is 15.6. The van der Waals surface area contributed by atoms with Crippen molar-refractivity contribution in [2.75, 3.05) is 18.4 Å². The van der Waals surface area contributed by atoms with Crippen LogP contribution >= 0.6 is 12.4 Å². The van der Waals surface area contributed by atoms with Crippen LogP contribution in [0.25, 0.3) is 5.69 Å². The van der Waals surface area contributed by atoms with Crippen LogP contribution in [0.3, 0.4) is 0 Å². The molecule has 7 nitrogen and oxygen atoms in total. The van der Waals surface area contributed by atoms with E-state index in [1.54, 1.807) is 11.0 Å². The van der Waals surface area contributed by atoms with Crippen molar-refractivity contribution < 1.29 is 4.79 Å². The van der Waals surface area contributed by atoms with E-state index in [2.05, 4.69) is 26.2 Å². The number of benzene rings is 1. The van der Waals surface area contributed by atoms with Gasteiger partial charge in [0.25, 0.3) is 0 Å². The number of halogens is 1. The molecule has 0 bridgehead atoms. The Kier molecular flexibility index (Phi) is 5.33. The zero-order valence-electron chi connectivity index (χ0n) is 13.2. The molecule has 1 amide bonds. The third kappa shape index (κ3) is 3.68. The number of nitrogens with zero attached hydrogens (tertiary/aromatic N) is 4. The fourth-order valence-corrected chi connectivity index (χ4v) is 2.74. The Morgan fingerprint density at radius 1 is 1.43 bits per heavy atom. The Morgan fingerprint density at radius 3 is 2.91 bits per heavy atom. The summed E-state index contributed by atoms with van der Waals surface area (Å²) in [6.07, 6.45) is 3.46. The summed E-state index contributed by atoms with van der Waals surface area (Å²) < 4.78 is 1.59. The van der Waals surface area contributed by atoms with Gasteiger partial charge in [-0.15, -0.1) is 17.5 Å². The molecule has 1 aliphatic rings. The highest BCUT2D eigenvalue weighted by molar-refractivity contribution is 5.95. The van der Waals surface area contributed by atoms with Crippen LogP contribution in [0.5, 0.6) is 0 Å². The Morgan fingerprint density at radius 2 is 2.26 bits per heavy atom. The molecule has 0 aliphatic carbocycles. The molecule has 3 rings (SSSR count). The third-order valence-electron chi connectivity index (χ3n) is 4.21. The second-order valence-corrected chi connectivity index (χ2v) is 6.05. The number of aryl methyl sites for hydroxylation is 1. The first-order valence-electron chi connectivity index (χ1n) is 7.45. The fraction of sp³-hybridized carbons (Fsp3) is 0.467. The second kappa shape index (κ2) is 7.06. The topological polar surface area (TPSA) is 84.7 Å². The summed E-state index contributed by atoms with van der Waals surface area (Å²) in [6, 6.07) is 5.75. The van der Waals surface area contributed by atoms with Crippen molar-refractivity contribution >= 4 is 24.0 Å². The SMILES string of the molecule is Cc1ccc(NC(=O)C2(C)CCCNC2)cc1-n1cnnn1.Cl. The molecule has 2 heterocycles. The summed E-state index contributed by atoms with van der Waals surface area (Å²) >= 11 is 0. The first kappa shape index (κ1) is 17.4. The molecular weight excluding hydrogens is 316 g/mol. The van der Waals surface area contributed by atoms with E-state index in [1.807, 2.05) is 32.0 Å². The lowest BCUT2D eigenvalue weighted by Crippen LogP contribution is -2.46. The van der Waals surface area contributed by atoms with Crippen LogP contribution in [0, 0.1) is 12.3 Å². The number of tetrazole rings is 1. The predicted octanol–water partition coefficient (Wildman–Crippen LogP) is 1.72. The molecule has 1 saturated heterocycles. The third-order valence-corrected chi connectivity index (χ3v) is 4.21. The van der Waals surface area contributed by atoms with E-state index in [4.69, 9.17) is 0 Å². The van der Waals surface area contributed by atoms with Gasteiger partial charge in [-0.3, -0.25) is 4.79 Å². The number of rotatable bonds is 3. The summed E-state index contributed by atoms with van der Waals surface area (Å²) in [5, 5.41) is 17.5. The van der Waals surface area contributed by atoms with Gasteiger partial charge in [0.05, 0.1) is 11.1 Å². The summed E-state index contributed by atoms with van der Waals surface area (Å²) in [5.41, 5.74) is 2.29. The quantitative estimate of drug-likeness (QED) is 0.891. The highest BCUT2D eigenvalue weighted by Gasteiger charge is 2.34. The van der Waals surface area contributed by atoms with Crippen molar-refractivity contribution in [1.29, 1.82) is 0 Å². The van der Waals surface area contributed by atoms with Crippen molar-refractivity contribution in [2.45, 2.75) is 26.7 Å². The molecular formula is C15H21ClN6O. The molecule has 1 unspecified atom stereocenters. The Hall–Kier alpha value is -1.99. The number of nitrogens with one attached hydrogen (secondary N) is 2. The van der Waals surface area contributed by atoms with Crippen molar-refractivity contribution in [3.8, 4) is 5.69 Å².